The summed E-state index contributed by atoms with van der Waals surface area (Å²) in [6.45, 7) is 2.70. The number of nitrogens with one attached hydrogen (secondary N) is 2. The van der Waals surface area contributed by atoms with Crippen LogP contribution in [0.2, 0.25) is 10.0 Å². The maximum atomic E-state index is 6.22. The summed E-state index contributed by atoms with van der Waals surface area (Å²) in [5, 5.41) is 7.34. The summed E-state index contributed by atoms with van der Waals surface area (Å²) in [4.78, 5) is 13.1. The summed E-state index contributed by atoms with van der Waals surface area (Å²) in [5.74, 6) is 1.11. The highest BCUT2D eigenvalue weighted by molar-refractivity contribution is 6.39. The van der Waals surface area contributed by atoms with Crippen molar-refractivity contribution in [3.63, 3.8) is 0 Å². The van der Waals surface area contributed by atoms with Crippen LogP contribution in [0, 0.1) is 0 Å². The highest BCUT2D eigenvalue weighted by Crippen LogP contribution is 2.33. The van der Waals surface area contributed by atoms with Gasteiger partial charge in [0.15, 0.2) is 0 Å². The molecule has 7 heteroatoms. The first-order valence-electron chi connectivity index (χ1n) is 7.41. The van der Waals surface area contributed by atoms with E-state index in [1.165, 1.54) is 0 Å². The second-order valence-electron chi connectivity index (χ2n) is 4.96. The summed E-state index contributed by atoms with van der Waals surface area (Å²) < 4.78 is 0. The van der Waals surface area contributed by atoms with Crippen LogP contribution in [0.3, 0.4) is 0 Å². The largest absolute Gasteiger partial charge is 0.354 e. The summed E-state index contributed by atoms with van der Waals surface area (Å²) in [6, 6.07) is 11.0. The summed E-state index contributed by atoms with van der Waals surface area (Å²) >= 11 is 12.4. The SMILES string of the molecule is CCNc1nc(Nc2c(Cl)cccc2Cl)cc(-c2cccnc2)n1. The highest BCUT2D eigenvalue weighted by atomic mass is 35.5. The summed E-state index contributed by atoms with van der Waals surface area (Å²) in [6.07, 6.45) is 3.48. The first-order valence-corrected chi connectivity index (χ1v) is 8.17. The van der Waals surface area contributed by atoms with E-state index in [1.54, 1.807) is 30.6 Å². The molecule has 5 nitrogen and oxygen atoms in total. The van der Waals surface area contributed by atoms with Crippen LogP contribution in [0.25, 0.3) is 11.3 Å². The monoisotopic (exact) mass is 359 g/mol. The van der Waals surface area contributed by atoms with Crippen LogP contribution >= 0.6 is 23.2 Å². The molecule has 0 fully saturated rings. The van der Waals surface area contributed by atoms with Crippen molar-refractivity contribution in [1.82, 2.24) is 15.0 Å². The Morgan fingerprint density at radius 2 is 1.83 bits per heavy atom. The Morgan fingerprint density at radius 1 is 1.04 bits per heavy atom. The zero-order chi connectivity index (χ0) is 16.9. The Morgan fingerprint density at radius 3 is 2.50 bits per heavy atom. The van der Waals surface area contributed by atoms with Gasteiger partial charge in [-0.1, -0.05) is 29.3 Å². The molecule has 0 aliphatic rings. The minimum Gasteiger partial charge on any atom is -0.354 e. The van der Waals surface area contributed by atoms with Gasteiger partial charge in [0.05, 0.1) is 21.4 Å². The van der Waals surface area contributed by atoms with Crippen LogP contribution in [-0.4, -0.2) is 21.5 Å². The molecule has 0 saturated heterocycles. The Kier molecular flexibility index (Phi) is 5.13. The van der Waals surface area contributed by atoms with E-state index < -0.39 is 0 Å². The number of aromatic nitrogens is 3. The maximum Gasteiger partial charge on any atom is 0.225 e. The van der Waals surface area contributed by atoms with Gasteiger partial charge in [-0.25, -0.2) is 4.98 Å². The first-order chi connectivity index (χ1) is 11.7. The fourth-order valence-electron chi connectivity index (χ4n) is 2.16. The Hall–Kier alpha value is -2.37. The number of anilines is 3. The van der Waals surface area contributed by atoms with Crippen molar-refractivity contribution in [2.45, 2.75) is 6.92 Å². The fraction of sp³-hybridized carbons (Fsp3) is 0.118. The maximum absolute atomic E-state index is 6.22. The van der Waals surface area contributed by atoms with Crippen LogP contribution in [0.4, 0.5) is 17.5 Å². The van der Waals surface area contributed by atoms with E-state index in [1.807, 2.05) is 25.1 Å². The lowest BCUT2D eigenvalue weighted by Gasteiger charge is -2.12. The molecule has 1 aromatic carbocycles. The molecular formula is C17H15Cl2N5. The minimum atomic E-state index is 0.518. The number of rotatable bonds is 5. The Bertz CT molecular complexity index is 819. The molecule has 2 aromatic heterocycles. The summed E-state index contributed by atoms with van der Waals surface area (Å²) in [7, 11) is 0. The van der Waals surface area contributed by atoms with Crippen molar-refractivity contribution >= 4 is 40.7 Å². The molecule has 0 aliphatic carbocycles. The van der Waals surface area contributed by atoms with Gasteiger partial charge in [-0.3, -0.25) is 4.98 Å². The third-order valence-electron chi connectivity index (χ3n) is 3.23. The van der Waals surface area contributed by atoms with Crippen molar-refractivity contribution in [2.75, 3.05) is 17.2 Å². The molecular weight excluding hydrogens is 345 g/mol. The topological polar surface area (TPSA) is 62.7 Å². The molecule has 0 aliphatic heterocycles. The number of nitrogens with zero attached hydrogens (tertiary/aromatic N) is 3. The average molecular weight is 360 g/mol. The number of hydrogen-bond acceptors (Lipinski definition) is 5. The van der Waals surface area contributed by atoms with E-state index in [-0.39, 0.29) is 0 Å². The lowest BCUT2D eigenvalue weighted by molar-refractivity contribution is 1.09. The van der Waals surface area contributed by atoms with Gasteiger partial charge in [0.25, 0.3) is 0 Å². The number of halogens is 2. The summed E-state index contributed by atoms with van der Waals surface area (Å²) in [5.41, 5.74) is 2.26. The Labute approximate surface area is 150 Å². The average Bonchev–Trinajstić information content (AvgIpc) is 2.59. The smallest absolute Gasteiger partial charge is 0.225 e. The molecule has 0 atom stereocenters. The molecule has 0 unspecified atom stereocenters. The van der Waals surface area contributed by atoms with Gasteiger partial charge in [-0.2, -0.15) is 4.98 Å². The van der Waals surface area contributed by atoms with E-state index in [0.717, 1.165) is 11.3 Å². The third kappa shape index (κ3) is 3.75. The molecule has 0 spiro atoms. The molecule has 3 aromatic rings. The van der Waals surface area contributed by atoms with Crippen LogP contribution in [0.1, 0.15) is 6.92 Å². The molecule has 0 radical (unpaired) electrons. The predicted octanol–water partition coefficient (Wildman–Crippen LogP) is 5.02. The highest BCUT2D eigenvalue weighted by Gasteiger charge is 2.10. The number of para-hydroxylation sites is 1. The van der Waals surface area contributed by atoms with Crippen molar-refractivity contribution in [2.24, 2.45) is 0 Å². The standard InChI is InChI=1S/C17H15Cl2N5/c1-2-21-17-22-14(11-5-4-8-20-10-11)9-15(24-17)23-16-12(18)6-3-7-13(16)19/h3-10H,2H2,1H3,(H2,21,22,23,24). The molecule has 2 N–H and O–H groups in total. The van der Waals surface area contributed by atoms with E-state index in [0.29, 0.717) is 34.0 Å². The van der Waals surface area contributed by atoms with E-state index in [4.69, 9.17) is 23.2 Å². The predicted molar refractivity (Wildman–Crippen MR) is 99.2 cm³/mol. The van der Waals surface area contributed by atoms with Gasteiger partial charge in [0, 0.05) is 30.6 Å². The molecule has 0 amide bonds. The van der Waals surface area contributed by atoms with Crippen molar-refractivity contribution in [1.29, 1.82) is 0 Å². The number of pyridine rings is 1. The van der Waals surface area contributed by atoms with Gasteiger partial charge >= 0.3 is 0 Å². The lowest BCUT2D eigenvalue weighted by atomic mass is 10.2. The van der Waals surface area contributed by atoms with Gasteiger partial charge in [0.1, 0.15) is 5.82 Å². The normalized spacial score (nSPS) is 10.5. The van der Waals surface area contributed by atoms with E-state index in [9.17, 15) is 0 Å². The molecule has 0 bridgehead atoms. The second-order valence-corrected chi connectivity index (χ2v) is 5.77. The fourth-order valence-corrected chi connectivity index (χ4v) is 2.65. The molecule has 2 heterocycles. The van der Waals surface area contributed by atoms with E-state index >= 15 is 0 Å². The van der Waals surface area contributed by atoms with Crippen LogP contribution in [-0.2, 0) is 0 Å². The quantitative estimate of drug-likeness (QED) is 0.669. The minimum absolute atomic E-state index is 0.518. The van der Waals surface area contributed by atoms with Gasteiger partial charge in [-0.15, -0.1) is 0 Å². The van der Waals surface area contributed by atoms with Crippen LogP contribution in [0.15, 0.2) is 48.8 Å². The number of benzene rings is 1. The molecule has 0 saturated carbocycles. The van der Waals surface area contributed by atoms with Gasteiger partial charge in [0.2, 0.25) is 5.95 Å². The zero-order valence-corrected chi connectivity index (χ0v) is 14.4. The molecule has 3 rings (SSSR count). The van der Waals surface area contributed by atoms with Crippen molar-refractivity contribution in [3.05, 3.63) is 58.8 Å². The third-order valence-corrected chi connectivity index (χ3v) is 3.86. The van der Waals surface area contributed by atoms with Crippen LogP contribution in [0.5, 0.6) is 0 Å². The zero-order valence-electron chi connectivity index (χ0n) is 12.9. The van der Waals surface area contributed by atoms with Gasteiger partial charge in [-0.05, 0) is 31.2 Å². The lowest BCUT2D eigenvalue weighted by Crippen LogP contribution is -2.05. The van der Waals surface area contributed by atoms with Crippen molar-refractivity contribution in [3.8, 4) is 11.3 Å². The van der Waals surface area contributed by atoms with Gasteiger partial charge < -0.3 is 10.6 Å². The van der Waals surface area contributed by atoms with Crippen molar-refractivity contribution < 1.29 is 0 Å². The van der Waals surface area contributed by atoms with E-state index in [2.05, 4.69) is 25.6 Å². The first kappa shape index (κ1) is 16.5. The molecule has 122 valence electrons. The number of hydrogen-bond donors (Lipinski definition) is 2. The van der Waals surface area contributed by atoms with Crippen LogP contribution < -0.4 is 10.6 Å². The second kappa shape index (κ2) is 7.47. The molecule has 24 heavy (non-hydrogen) atoms. The Balaban J connectivity index is 2.02.